The van der Waals surface area contributed by atoms with Crippen molar-refractivity contribution in [3.8, 4) is 0 Å². The molecule has 0 saturated carbocycles. The maximum Gasteiger partial charge on any atom is 0.223 e. The molecule has 0 saturated heterocycles. The molecule has 7 heteroatoms. The van der Waals surface area contributed by atoms with Crippen molar-refractivity contribution in [1.29, 1.82) is 0 Å². The van der Waals surface area contributed by atoms with Gasteiger partial charge in [-0.3, -0.25) is 0 Å². The first kappa shape index (κ1) is 9.39. The van der Waals surface area contributed by atoms with E-state index in [1.165, 1.54) is 0 Å². The highest BCUT2D eigenvalue weighted by atomic mass is 35.5. The van der Waals surface area contributed by atoms with Crippen molar-refractivity contribution in [3.63, 3.8) is 0 Å². The van der Waals surface area contributed by atoms with Crippen molar-refractivity contribution >= 4 is 45.3 Å². The van der Waals surface area contributed by atoms with Gasteiger partial charge in [0.25, 0.3) is 0 Å². The number of aromatic nitrogens is 2. The summed E-state index contributed by atoms with van der Waals surface area (Å²) in [6, 6.07) is 0. The van der Waals surface area contributed by atoms with Gasteiger partial charge < -0.3 is 16.8 Å². The molecule has 62 valence electrons. The number of rotatable bonds is 2. The predicted octanol–water partition coefficient (Wildman–Crippen LogP) is -0.168. The summed E-state index contributed by atoms with van der Waals surface area (Å²) in [6.07, 6.45) is 0. The molecule has 0 amide bonds. The van der Waals surface area contributed by atoms with Gasteiger partial charge in [0.1, 0.15) is 5.69 Å². The number of nitrogens with zero attached hydrogens (tertiary/aromatic N) is 2. The first-order valence-electron chi connectivity index (χ1n) is 3.17. The lowest BCUT2D eigenvalue weighted by molar-refractivity contribution is 1.17. The van der Waals surface area contributed by atoms with Crippen LogP contribution in [0.3, 0.4) is 0 Å². The average molecular weight is 200 g/mol. The van der Waals surface area contributed by atoms with Crippen LogP contribution in [0.5, 0.6) is 0 Å². The molecule has 1 aromatic heterocycles. The van der Waals surface area contributed by atoms with Gasteiger partial charge in [0.05, 0.1) is 0 Å². The van der Waals surface area contributed by atoms with Crippen LogP contribution in [0.15, 0.2) is 0 Å². The molecule has 0 aliphatic rings. The molecule has 0 aromatic carbocycles. The molecule has 0 bridgehead atoms. The van der Waals surface area contributed by atoms with E-state index in [2.05, 4.69) is 31.6 Å². The van der Waals surface area contributed by atoms with Gasteiger partial charge in [0, 0.05) is 0 Å². The second-order valence-corrected chi connectivity index (χ2v) is 2.78. The van der Waals surface area contributed by atoms with Gasteiger partial charge in [-0.1, -0.05) is 17.0 Å². The Morgan fingerprint density at radius 1 is 1.42 bits per heavy atom. The minimum Gasteiger partial charge on any atom is -0.393 e. The summed E-state index contributed by atoms with van der Waals surface area (Å²) in [6.45, 7) is 0. The van der Waals surface area contributed by atoms with Crippen LogP contribution in [-0.4, -0.2) is 31.7 Å². The van der Waals surface area contributed by atoms with Gasteiger partial charge in [-0.2, -0.15) is 9.97 Å². The van der Waals surface area contributed by atoms with E-state index < -0.39 is 0 Å². The molecule has 5 nitrogen and oxygen atoms in total. The van der Waals surface area contributed by atoms with Gasteiger partial charge in [0.15, 0.2) is 27.3 Å². The quantitative estimate of drug-likeness (QED) is 0.455. The molecule has 1 heterocycles. The largest absolute Gasteiger partial charge is 0.393 e. The lowest BCUT2D eigenvalue weighted by atomic mass is 10.5. The predicted molar refractivity (Wildman–Crippen MR) is 50.1 cm³/mol. The fourth-order valence-corrected chi connectivity index (χ4v) is 1.06. The molecule has 0 spiro atoms. The number of nitrogens with two attached hydrogens (primary N) is 2. The fraction of sp³-hybridized carbons (Fsp3) is 0.200. The minimum absolute atomic E-state index is 0.107. The monoisotopic (exact) mass is 199 g/mol. The van der Waals surface area contributed by atoms with Crippen LogP contribution in [0.2, 0.25) is 5.15 Å². The maximum absolute atomic E-state index is 5.65. The number of anilines is 3. The topological polar surface area (TPSA) is 89.8 Å². The molecule has 0 unspecified atom stereocenters. The molecular weight excluding hydrogens is 193 g/mol. The summed E-state index contributed by atoms with van der Waals surface area (Å²) in [7, 11) is 0. The third-order valence-electron chi connectivity index (χ3n) is 1.19. The summed E-state index contributed by atoms with van der Waals surface area (Å²) in [5, 5.41) is 3.67. The second kappa shape index (κ2) is 3.81. The Bertz CT molecular complexity index is 291. The van der Waals surface area contributed by atoms with Gasteiger partial charge in [-0.05, 0) is 0 Å². The van der Waals surface area contributed by atoms with Gasteiger partial charge in [0.2, 0.25) is 5.95 Å². The first-order valence-corrected chi connectivity index (χ1v) is 4.37. The third kappa shape index (κ3) is 1.91. The smallest absolute Gasteiger partial charge is 0.223 e. The van der Waals surface area contributed by atoms with Crippen LogP contribution in [-0.2, 0) is 0 Å². The highest BCUT2D eigenvalue weighted by Gasteiger charge is 2.06. The SMILES string of the molecule is Nc1nc(Cl)c(N)c(N[CH2][Al])n1. The molecule has 0 atom stereocenters. The average Bonchev–Trinajstić information content (AvgIpc) is 2.00. The van der Waals surface area contributed by atoms with Gasteiger partial charge >= 0.3 is 0 Å². The normalized spacial score (nSPS) is 9.75. The van der Waals surface area contributed by atoms with Crippen LogP contribution < -0.4 is 16.8 Å². The Balaban J connectivity index is 3.09. The van der Waals surface area contributed by atoms with E-state index in [0.29, 0.717) is 16.9 Å². The van der Waals surface area contributed by atoms with Crippen molar-refractivity contribution in [2.75, 3.05) is 22.2 Å². The van der Waals surface area contributed by atoms with Crippen molar-refractivity contribution < 1.29 is 0 Å². The first-order chi connectivity index (χ1) is 5.65. The number of halogens is 1. The van der Waals surface area contributed by atoms with Crippen molar-refractivity contribution in [2.24, 2.45) is 0 Å². The Hall–Kier alpha value is -0.698. The fourth-order valence-electron chi connectivity index (χ4n) is 0.690. The molecule has 12 heavy (non-hydrogen) atoms. The summed E-state index contributed by atoms with van der Waals surface area (Å²) in [5.74, 6) is 0.567. The zero-order chi connectivity index (χ0) is 9.14. The van der Waals surface area contributed by atoms with Crippen LogP contribution in [0.4, 0.5) is 17.5 Å². The molecule has 1 rings (SSSR count). The zero-order valence-corrected chi connectivity index (χ0v) is 8.12. The molecule has 1 aromatic rings. The third-order valence-corrected chi connectivity index (χ3v) is 1.68. The van der Waals surface area contributed by atoms with Crippen LogP contribution in [0.1, 0.15) is 0 Å². The number of nitrogen functional groups attached to an aromatic ring is 2. The Kier molecular flexibility index (Phi) is 2.98. The Labute approximate surface area is 82.9 Å². The maximum atomic E-state index is 5.65. The molecule has 5 N–H and O–H groups in total. The minimum atomic E-state index is 0.107. The lowest BCUT2D eigenvalue weighted by Crippen LogP contribution is -2.09. The van der Waals surface area contributed by atoms with E-state index in [4.69, 9.17) is 23.1 Å². The standard InChI is InChI=1S/C5H7ClN5.Al/c1-9-4-2(7)3(6)10-5(8)11-4;/h1,7H2,(H3,8,9,10,11);. The number of nitrogens with one attached hydrogen (secondary N) is 1. The van der Waals surface area contributed by atoms with E-state index in [9.17, 15) is 0 Å². The van der Waals surface area contributed by atoms with E-state index in [1.54, 1.807) is 0 Å². The van der Waals surface area contributed by atoms with E-state index in [-0.39, 0.29) is 11.1 Å². The van der Waals surface area contributed by atoms with Gasteiger partial charge in [-0.15, -0.1) is 0 Å². The molecule has 0 fully saturated rings. The molecular formula is C5H7AlClN5. The number of hydrogen-bond acceptors (Lipinski definition) is 5. The van der Waals surface area contributed by atoms with Crippen molar-refractivity contribution in [2.45, 2.75) is 0 Å². The summed E-state index contributed by atoms with van der Waals surface area (Å²) in [4.78, 5) is 7.53. The molecule has 0 aliphatic carbocycles. The van der Waals surface area contributed by atoms with Crippen molar-refractivity contribution in [3.05, 3.63) is 5.15 Å². The summed E-state index contributed by atoms with van der Waals surface area (Å²) < 4.78 is 0. The van der Waals surface area contributed by atoms with Crippen LogP contribution in [0.25, 0.3) is 0 Å². The Morgan fingerprint density at radius 2 is 2.08 bits per heavy atom. The van der Waals surface area contributed by atoms with E-state index >= 15 is 0 Å². The number of hydrogen-bond donors (Lipinski definition) is 3. The highest BCUT2D eigenvalue weighted by molar-refractivity contribution is 6.32. The van der Waals surface area contributed by atoms with Crippen molar-refractivity contribution in [1.82, 2.24) is 9.97 Å². The van der Waals surface area contributed by atoms with E-state index in [1.807, 2.05) is 0 Å². The zero-order valence-electron chi connectivity index (χ0n) is 6.21. The van der Waals surface area contributed by atoms with Crippen LogP contribution >= 0.6 is 11.6 Å². The van der Waals surface area contributed by atoms with Crippen LogP contribution in [0, 0.1) is 0 Å². The highest BCUT2D eigenvalue weighted by Crippen LogP contribution is 2.23. The lowest BCUT2D eigenvalue weighted by Gasteiger charge is -2.07. The second-order valence-electron chi connectivity index (χ2n) is 2.02. The van der Waals surface area contributed by atoms with Gasteiger partial charge in [-0.25, -0.2) is 0 Å². The molecule has 0 aliphatic heterocycles. The summed E-state index contributed by atoms with van der Waals surface area (Å²) >= 11 is 8.12. The van der Waals surface area contributed by atoms with E-state index in [0.717, 1.165) is 0 Å². The molecule has 2 radical (unpaired) electrons. The Morgan fingerprint density at radius 3 is 2.67 bits per heavy atom. The summed E-state index contributed by atoms with van der Waals surface area (Å²) in [5.41, 5.74) is 11.2.